The highest BCUT2D eigenvalue weighted by molar-refractivity contribution is 5.74. The van der Waals surface area contributed by atoms with E-state index in [1.54, 1.807) is 4.90 Å². The van der Waals surface area contributed by atoms with Gasteiger partial charge in [-0.05, 0) is 25.2 Å². The standard InChI is InChI=1S/C11H20N2O4/c14-8-9-3-2-6-13(7-9)11(17)12-5-1-4-10(15)16/h9,14H,1-8H2,(H,12,17)(H,15,16). The average Bonchev–Trinajstić information content (AvgIpc) is 2.34. The number of carbonyl (C=O) groups is 2. The number of aliphatic hydroxyl groups excluding tert-OH is 1. The number of amides is 2. The molecule has 6 nitrogen and oxygen atoms in total. The molecule has 0 saturated carbocycles. The van der Waals surface area contributed by atoms with Gasteiger partial charge in [0.05, 0.1) is 0 Å². The van der Waals surface area contributed by atoms with Gasteiger partial charge < -0.3 is 20.4 Å². The Kier molecular flexibility index (Phi) is 5.76. The van der Waals surface area contributed by atoms with Crippen molar-refractivity contribution >= 4 is 12.0 Å². The molecule has 0 aromatic carbocycles. The molecular weight excluding hydrogens is 224 g/mol. The zero-order chi connectivity index (χ0) is 12.7. The van der Waals surface area contributed by atoms with E-state index in [-0.39, 0.29) is 25.0 Å². The molecule has 0 spiro atoms. The maximum Gasteiger partial charge on any atom is 0.317 e. The number of aliphatic hydroxyl groups is 1. The number of carbonyl (C=O) groups excluding carboxylic acids is 1. The van der Waals surface area contributed by atoms with Gasteiger partial charge in [-0.1, -0.05) is 0 Å². The van der Waals surface area contributed by atoms with Crippen molar-refractivity contribution in [1.82, 2.24) is 10.2 Å². The summed E-state index contributed by atoms with van der Waals surface area (Å²) in [5.41, 5.74) is 0. The van der Waals surface area contributed by atoms with E-state index in [0.29, 0.717) is 26.1 Å². The van der Waals surface area contributed by atoms with Crippen LogP contribution in [0.5, 0.6) is 0 Å². The lowest BCUT2D eigenvalue weighted by Crippen LogP contribution is -2.46. The van der Waals surface area contributed by atoms with E-state index >= 15 is 0 Å². The van der Waals surface area contributed by atoms with Crippen molar-refractivity contribution in [3.05, 3.63) is 0 Å². The minimum absolute atomic E-state index is 0.0690. The molecule has 1 aliphatic heterocycles. The number of carboxylic acid groups (broad SMARTS) is 1. The van der Waals surface area contributed by atoms with E-state index in [4.69, 9.17) is 10.2 Å². The fraction of sp³-hybridized carbons (Fsp3) is 0.818. The number of likely N-dealkylation sites (tertiary alicyclic amines) is 1. The molecule has 3 N–H and O–H groups in total. The Bertz CT molecular complexity index is 270. The number of rotatable bonds is 5. The molecule has 98 valence electrons. The van der Waals surface area contributed by atoms with E-state index in [9.17, 15) is 9.59 Å². The predicted octanol–water partition coefficient (Wildman–Crippen LogP) is 0.265. The van der Waals surface area contributed by atoms with E-state index in [1.165, 1.54) is 0 Å². The zero-order valence-corrected chi connectivity index (χ0v) is 9.89. The van der Waals surface area contributed by atoms with Crippen LogP contribution < -0.4 is 5.32 Å². The minimum atomic E-state index is -0.849. The highest BCUT2D eigenvalue weighted by Gasteiger charge is 2.22. The molecule has 0 aromatic rings. The molecule has 1 heterocycles. The summed E-state index contributed by atoms with van der Waals surface area (Å²) in [7, 11) is 0. The summed E-state index contributed by atoms with van der Waals surface area (Å²) in [6, 6.07) is -0.159. The lowest BCUT2D eigenvalue weighted by atomic mass is 9.99. The fourth-order valence-electron chi connectivity index (χ4n) is 1.95. The molecule has 1 rings (SSSR count). The van der Waals surface area contributed by atoms with Crippen LogP contribution >= 0.6 is 0 Å². The van der Waals surface area contributed by atoms with E-state index in [1.807, 2.05) is 0 Å². The largest absolute Gasteiger partial charge is 0.481 e. The van der Waals surface area contributed by atoms with Crippen LogP contribution in [-0.2, 0) is 4.79 Å². The molecular formula is C11H20N2O4. The van der Waals surface area contributed by atoms with Gasteiger partial charge in [-0.15, -0.1) is 0 Å². The molecule has 1 atom stereocenters. The molecule has 0 aromatic heterocycles. The Morgan fingerprint density at radius 3 is 2.82 bits per heavy atom. The molecule has 1 unspecified atom stereocenters. The second kappa shape index (κ2) is 7.11. The zero-order valence-electron chi connectivity index (χ0n) is 9.89. The SMILES string of the molecule is O=C(O)CCCNC(=O)N1CCCC(CO)C1. The van der Waals surface area contributed by atoms with Crippen molar-refractivity contribution < 1.29 is 19.8 Å². The summed E-state index contributed by atoms with van der Waals surface area (Å²) in [5, 5.41) is 20.2. The first-order valence-corrected chi connectivity index (χ1v) is 5.99. The number of aliphatic carboxylic acids is 1. The van der Waals surface area contributed by atoms with E-state index in [0.717, 1.165) is 12.8 Å². The van der Waals surface area contributed by atoms with Crippen LogP contribution in [0, 0.1) is 5.92 Å². The van der Waals surface area contributed by atoms with Crippen molar-refractivity contribution in [1.29, 1.82) is 0 Å². The van der Waals surface area contributed by atoms with E-state index in [2.05, 4.69) is 5.32 Å². The molecule has 0 radical (unpaired) electrons. The topological polar surface area (TPSA) is 89.9 Å². The molecule has 6 heteroatoms. The summed E-state index contributed by atoms with van der Waals surface area (Å²) in [5.74, 6) is -0.675. The quantitative estimate of drug-likeness (QED) is 0.605. The maximum atomic E-state index is 11.7. The summed E-state index contributed by atoms with van der Waals surface area (Å²) in [6.07, 6.45) is 2.38. The Balaban J connectivity index is 2.20. The van der Waals surface area contributed by atoms with Gasteiger partial charge in [0.1, 0.15) is 0 Å². The first kappa shape index (κ1) is 13.8. The Labute approximate surface area is 101 Å². The summed E-state index contributed by atoms with van der Waals surface area (Å²) in [4.78, 5) is 23.7. The monoisotopic (exact) mass is 244 g/mol. The van der Waals surface area contributed by atoms with Crippen molar-refractivity contribution in [2.24, 2.45) is 5.92 Å². The third kappa shape index (κ3) is 5.04. The lowest BCUT2D eigenvalue weighted by Gasteiger charge is -2.31. The lowest BCUT2D eigenvalue weighted by molar-refractivity contribution is -0.137. The van der Waals surface area contributed by atoms with Gasteiger partial charge in [0.2, 0.25) is 0 Å². The second-order valence-corrected chi connectivity index (χ2v) is 4.37. The van der Waals surface area contributed by atoms with Crippen LogP contribution in [0.2, 0.25) is 0 Å². The number of hydrogen-bond acceptors (Lipinski definition) is 3. The van der Waals surface area contributed by atoms with Gasteiger partial charge in [0.25, 0.3) is 0 Å². The van der Waals surface area contributed by atoms with Gasteiger partial charge in [-0.2, -0.15) is 0 Å². The van der Waals surface area contributed by atoms with Crippen LogP contribution in [0.3, 0.4) is 0 Å². The summed E-state index contributed by atoms with van der Waals surface area (Å²) < 4.78 is 0. The predicted molar refractivity (Wildman–Crippen MR) is 61.7 cm³/mol. The molecule has 1 aliphatic rings. The smallest absolute Gasteiger partial charge is 0.317 e. The Morgan fingerprint density at radius 2 is 2.18 bits per heavy atom. The average molecular weight is 244 g/mol. The van der Waals surface area contributed by atoms with Crippen molar-refractivity contribution in [2.45, 2.75) is 25.7 Å². The highest BCUT2D eigenvalue weighted by atomic mass is 16.4. The van der Waals surface area contributed by atoms with Crippen molar-refractivity contribution in [2.75, 3.05) is 26.2 Å². The van der Waals surface area contributed by atoms with Crippen LogP contribution in [0.1, 0.15) is 25.7 Å². The fourth-order valence-corrected chi connectivity index (χ4v) is 1.95. The third-order valence-electron chi connectivity index (χ3n) is 2.91. The summed E-state index contributed by atoms with van der Waals surface area (Å²) in [6.45, 7) is 1.79. The number of urea groups is 1. The van der Waals surface area contributed by atoms with E-state index < -0.39 is 5.97 Å². The number of piperidine rings is 1. The van der Waals surface area contributed by atoms with Crippen LogP contribution in [-0.4, -0.2) is 53.4 Å². The minimum Gasteiger partial charge on any atom is -0.481 e. The normalized spacial score (nSPS) is 20.1. The Hall–Kier alpha value is -1.30. The van der Waals surface area contributed by atoms with Crippen LogP contribution in [0.4, 0.5) is 4.79 Å². The van der Waals surface area contributed by atoms with Crippen molar-refractivity contribution in [3.63, 3.8) is 0 Å². The number of nitrogens with one attached hydrogen (secondary N) is 1. The first-order chi connectivity index (χ1) is 8.13. The molecule has 2 amide bonds. The Morgan fingerprint density at radius 1 is 1.41 bits per heavy atom. The van der Waals surface area contributed by atoms with Gasteiger partial charge in [-0.3, -0.25) is 4.79 Å². The number of hydrogen-bond donors (Lipinski definition) is 3. The van der Waals surface area contributed by atoms with Gasteiger partial charge in [0.15, 0.2) is 0 Å². The van der Waals surface area contributed by atoms with Gasteiger partial charge in [0, 0.05) is 32.7 Å². The van der Waals surface area contributed by atoms with Gasteiger partial charge >= 0.3 is 12.0 Å². The second-order valence-electron chi connectivity index (χ2n) is 4.37. The number of carboxylic acids is 1. The van der Waals surface area contributed by atoms with Crippen molar-refractivity contribution in [3.8, 4) is 0 Å². The maximum absolute atomic E-state index is 11.7. The van der Waals surface area contributed by atoms with Crippen LogP contribution in [0.25, 0.3) is 0 Å². The van der Waals surface area contributed by atoms with Crippen LogP contribution in [0.15, 0.2) is 0 Å². The number of nitrogens with zero attached hydrogens (tertiary/aromatic N) is 1. The molecule has 1 fully saturated rings. The summed E-state index contributed by atoms with van der Waals surface area (Å²) >= 11 is 0. The molecule has 0 aliphatic carbocycles. The first-order valence-electron chi connectivity index (χ1n) is 5.99. The highest BCUT2D eigenvalue weighted by Crippen LogP contribution is 2.15. The molecule has 0 bridgehead atoms. The third-order valence-corrected chi connectivity index (χ3v) is 2.91. The molecule has 1 saturated heterocycles. The molecule has 17 heavy (non-hydrogen) atoms. The van der Waals surface area contributed by atoms with Gasteiger partial charge in [-0.25, -0.2) is 4.79 Å².